The summed E-state index contributed by atoms with van der Waals surface area (Å²) in [6, 6.07) is 14.1. The highest BCUT2D eigenvalue weighted by atomic mass is 35.5. The molecule has 7 rings (SSSR count). The smallest absolute Gasteiger partial charge is 0.219 e. The van der Waals surface area contributed by atoms with Crippen LogP contribution < -0.4 is 20.1 Å². The number of carbonyl (C=O) groups is 1. The number of rotatable bonds is 11. The molecule has 1 aromatic carbocycles. The van der Waals surface area contributed by atoms with E-state index in [1.807, 2.05) is 53.6 Å². The van der Waals surface area contributed by atoms with Gasteiger partial charge in [-0.15, -0.1) is 5.10 Å². The minimum atomic E-state index is -0.203. The molecule has 14 heteroatoms. The average Bonchev–Trinajstić information content (AvgIpc) is 3.60. The van der Waals surface area contributed by atoms with Gasteiger partial charge in [-0.3, -0.25) is 9.78 Å². The molecule has 1 aliphatic carbocycles. The van der Waals surface area contributed by atoms with E-state index >= 15 is 0 Å². The van der Waals surface area contributed by atoms with Gasteiger partial charge < -0.3 is 30.1 Å². The van der Waals surface area contributed by atoms with E-state index < -0.39 is 0 Å². The molecule has 4 aromatic heterocycles. The van der Waals surface area contributed by atoms with Crippen LogP contribution in [0, 0.1) is 0 Å². The quantitative estimate of drug-likeness (QED) is 0.140. The van der Waals surface area contributed by atoms with Gasteiger partial charge in [0.05, 0.1) is 48.3 Å². The Balaban J connectivity index is 1.12. The first-order valence-corrected chi connectivity index (χ1v) is 18.8. The molecule has 2 aliphatic rings. The summed E-state index contributed by atoms with van der Waals surface area (Å²) in [7, 11) is 3.22. The van der Waals surface area contributed by atoms with Gasteiger partial charge in [0, 0.05) is 78.9 Å². The zero-order chi connectivity index (χ0) is 37.1. The molecule has 1 amide bonds. The number of aliphatic hydroxyl groups excluding tert-OH is 1. The van der Waals surface area contributed by atoms with Crippen molar-refractivity contribution in [3.8, 4) is 45.3 Å². The Morgan fingerprint density at radius 1 is 0.887 bits per heavy atom. The molecule has 1 aliphatic heterocycles. The van der Waals surface area contributed by atoms with Crippen LogP contribution in [-0.2, 0) is 17.9 Å². The first-order chi connectivity index (χ1) is 25.7. The largest absolute Gasteiger partial charge is 0.493 e. The fourth-order valence-electron chi connectivity index (χ4n) is 7.24. The normalized spacial score (nSPS) is 18.0. The van der Waals surface area contributed by atoms with Crippen molar-refractivity contribution in [2.24, 2.45) is 0 Å². The number of fused-ring (bicyclic) bond motifs is 1. The monoisotopic (exact) mass is 758 g/mol. The van der Waals surface area contributed by atoms with Crippen LogP contribution in [0.5, 0.6) is 11.6 Å². The molecular formula is C39H44Cl2N8O4. The number of benzene rings is 1. The fraction of sp³-hybridized carbons (Fsp3) is 0.410. The van der Waals surface area contributed by atoms with Gasteiger partial charge in [-0.25, -0.2) is 14.5 Å². The third-order valence-electron chi connectivity index (χ3n) is 10.3. The molecule has 0 unspecified atom stereocenters. The minimum absolute atomic E-state index is 0.126. The van der Waals surface area contributed by atoms with Crippen LogP contribution in [-0.4, -0.2) is 86.0 Å². The van der Waals surface area contributed by atoms with Crippen LogP contribution >= 0.6 is 23.2 Å². The van der Waals surface area contributed by atoms with E-state index in [1.54, 1.807) is 31.9 Å². The number of hydrogen-bond donors (Lipinski definition) is 3. The Morgan fingerprint density at radius 2 is 1.60 bits per heavy atom. The summed E-state index contributed by atoms with van der Waals surface area (Å²) in [6.07, 6.45) is 8.63. The minimum Gasteiger partial charge on any atom is -0.493 e. The van der Waals surface area contributed by atoms with E-state index in [1.165, 1.54) is 0 Å². The second kappa shape index (κ2) is 16.4. The number of carbonyl (C=O) groups excluding carboxylic acids is 1. The van der Waals surface area contributed by atoms with E-state index in [0.717, 1.165) is 68.3 Å². The number of halogens is 2. The fourth-order valence-corrected chi connectivity index (χ4v) is 7.89. The van der Waals surface area contributed by atoms with E-state index in [4.69, 9.17) is 47.7 Å². The van der Waals surface area contributed by atoms with Crippen molar-refractivity contribution >= 4 is 34.8 Å². The molecule has 0 radical (unpaired) electrons. The van der Waals surface area contributed by atoms with Gasteiger partial charge in [0.15, 0.2) is 17.2 Å². The Morgan fingerprint density at radius 3 is 2.34 bits per heavy atom. The average molecular weight is 760 g/mol. The third-order valence-corrected chi connectivity index (χ3v) is 11.1. The van der Waals surface area contributed by atoms with Crippen LogP contribution in [0.1, 0.15) is 56.8 Å². The lowest BCUT2D eigenvalue weighted by atomic mass is 9.93. The van der Waals surface area contributed by atoms with Crippen molar-refractivity contribution in [2.75, 3.05) is 27.3 Å². The summed E-state index contributed by atoms with van der Waals surface area (Å²) in [4.78, 5) is 27.8. The molecule has 5 aromatic rings. The molecule has 5 heterocycles. The Labute approximate surface area is 318 Å². The number of methoxy groups -OCH3 is 2. The lowest BCUT2D eigenvalue weighted by Crippen LogP contribution is -2.44. The van der Waals surface area contributed by atoms with Crippen molar-refractivity contribution in [3.63, 3.8) is 0 Å². The molecule has 0 atom stereocenters. The molecule has 2 fully saturated rings. The molecule has 3 N–H and O–H groups in total. The van der Waals surface area contributed by atoms with Crippen molar-refractivity contribution in [3.05, 3.63) is 76.3 Å². The topological polar surface area (TPSA) is 139 Å². The summed E-state index contributed by atoms with van der Waals surface area (Å²) < 4.78 is 13.2. The molecule has 12 nitrogen and oxygen atoms in total. The highest BCUT2D eigenvalue weighted by molar-refractivity contribution is 6.39. The molecule has 53 heavy (non-hydrogen) atoms. The maximum absolute atomic E-state index is 11.7. The first kappa shape index (κ1) is 37.0. The molecule has 1 saturated carbocycles. The maximum atomic E-state index is 11.7. The summed E-state index contributed by atoms with van der Waals surface area (Å²) >= 11 is 14.3. The van der Waals surface area contributed by atoms with Crippen LogP contribution in [0.2, 0.25) is 10.0 Å². The Bertz CT molecular complexity index is 2090. The number of pyridine rings is 3. The van der Waals surface area contributed by atoms with E-state index in [2.05, 4.69) is 15.6 Å². The number of nitrogens with zero attached hydrogens (tertiary/aromatic N) is 6. The molecule has 278 valence electrons. The molecule has 0 spiro atoms. The third kappa shape index (κ3) is 8.12. The summed E-state index contributed by atoms with van der Waals surface area (Å²) in [5.74, 6) is 1.83. The predicted octanol–water partition coefficient (Wildman–Crippen LogP) is 6.34. The number of hydrogen-bond acceptors (Lipinski definition) is 10. The molecule has 0 bridgehead atoms. The highest BCUT2D eigenvalue weighted by Crippen LogP contribution is 2.42. The van der Waals surface area contributed by atoms with Gasteiger partial charge in [0.25, 0.3) is 0 Å². The van der Waals surface area contributed by atoms with E-state index in [0.29, 0.717) is 80.8 Å². The van der Waals surface area contributed by atoms with Crippen molar-refractivity contribution in [1.29, 1.82) is 0 Å². The summed E-state index contributed by atoms with van der Waals surface area (Å²) in [5.41, 5.74) is 5.65. The number of piperidine rings is 1. The first-order valence-electron chi connectivity index (χ1n) is 18.0. The van der Waals surface area contributed by atoms with Gasteiger partial charge in [0.2, 0.25) is 11.8 Å². The standard InChI is InChI=1S/C39H44Cl2N8O4/c1-23(50)48-17-14-27(15-18-48)43-20-24-7-12-32(45-39(24)53-3)31-6-4-5-29(35(31)40)30-13-16-42-37(36(30)41)25-19-33(52-2)38-46-34(47-49(38)22-25)21-44-26-8-10-28(51)11-9-26/h4-7,12-13,16,19,22,26-28,43-44,51H,8-11,14-15,17-18,20-21H2,1-3H3. The van der Waals surface area contributed by atoms with Gasteiger partial charge >= 0.3 is 0 Å². The number of amides is 1. The van der Waals surface area contributed by atoms with Gasteiger partial charge in [-0.05, 0) is 56.7 Å². The summed E-state index contributed by atoms with van der Waals surface area (Å²) in [6.45, 7) is 4.25. The number of likely N-dealkylation sites (tertiary alicyclic amines) is 1. The highest BCUT2D eigenvalue weighted by Gasteiger charge is 2.23. The molecular weight excluding hydrogens is 715 g/mol. The van der Waals surface area contributed by atoms with Crippen LogP contribution in [0.4, 0.5) is 0 Å². The van der Waals surface area contributed by atoms with Crippen molar-refractivity contribution in [2.45, 2.75) is 76.7 Å². The van der Waals surface area contributed by atoms with Crippen molar-refractivity contribution in [1.82, 2.24) is 40.1 Å². The summed E-state index contributed by atoms with van der Waals surface area (Å²) in [5, 5.41) is 22.6. The zero-order valence-corrected chi connectivity index (χ0v) is 31.6. The number of aliphatic hydroxyl groups is 1. The van der Waals surface area contributed by atoms with Crippen LogP contribution in [0.3, 0.4) is 0 Å². The van der Waals surface area contributed by atoms with Crippen LogP contribution in [0.15, 0.2) is 54.9 Å². The van der Waals surface area contributed by atoms with E-state index in [9.17, 15) is 9.90 Å². The van der Waals surface area contributed by atoms with Gasteiger partial charge in [0.1, 0.15) is 0 Å². The number of aromatic nitrogens is 5. The number of nitrogens with one attached hydrogen (secondary N) is 2. The second-order valence-electron chi connectivity index (χ2n) is 13.7. The van der Waals surface area contributed by atoms with E-state index in [-0.39, 0.29) is 12.0 Å². The second-order valence-corrected chi connectivity index (χ2v) is 14.4. The lowest BCUT2D eigenvalue weighted by molar-refractivity contribution is -0.129. The number of ether oxygens (including phenoxy) is 2. The zero-order valence-electron chi connectivity index (χ0n) is 30.1. The van der Waals surface area contributed by atoms with Gasteiger partial charge in [-0.1, -0.05) is 47.5 Å². The Hall–Kier alpha value is -4.33. The lowest BCUT2D eigenvalue weighted by Gasteiger charge is -2.31. The molecule has 1 saturated heterocycles. The predicted molar refractivity (Wildman–Crippen MR) is 205 cm³/mol. The maximum Gasteiger partial charge on any atom is 0.219 e. The Kier molecular flexibility index (Phi) is 11.4. The van der Waals surface area contributed by atoms with Crippen molar-refractivity contribution < 1.29 is 19.4 Å². The SMILES string of the molecule is COc1nc(-c2cccc(-c3ccnc(-c4cc(OC)c5nc(CNC6CCC(O)CC6)nn5c4)c3Cl)c2Cl)ccc1CNC1CCN(C(C)=O)CC1. The van der Waals surface area contributed by atoms with Crippen LogP contribution in [0.25, 0.3) is 39.3 Å². The van der Waals surface area contributed by atoms with Gasteiger partial charge in [-0.2, -0.15) is 0 Å².